The number of hydrogen-bond acceptors (Lipinski definition) is 10. The Labute approximate surface area is 286 Å². The number of aromatic hydroxyl groups is 1. The minimum Gasteiger partial charge on any atom is -0.508 e. The number of carbonyl (C=O) groups excluding carboxylic acids is 4. The molecule has 1 aromatic heterocycles. The average Bonchev–Trinajstić information content (AvgIpc) is 3.91. The van der Waals surface area contributed by atoms with E-state index < -0.39 is 79.7 Å². The second-order valence-corrected chi connectivity index (χ2v) is 17.1. The first-order valence-corrected chi connectivity index (χ1v) is 17.8. The number of hydrogen-bond donors (Lipinski definition) is 4. The van der Waals surface area contributed by atoms with Crippen molar-refractivity contribution < 1.29 is 42.2 Å². The molecule has 0 spiro atoms. The molecule has 15 heteroatoms. The molecule has 3 aliphatic rings. The summed E-state index contributed by atoms with van der Waals surface area (Å²) >= 11 is 0. The number of benzene rings is 1. The lowest BCUT2D eigenvalue weighted by molar-refractivity contribution is -0.143. The molecule has 3 fully saturated rings. The minimum absolute atomic E-state index is 0.00610. The highest BCUT2D eigenvalue weighted by molar-refractivity contribution is 7.91. The van der Waals surface area contributed by atoms with Gasteiger partial charge in [0, 0.05) is 23.9 Å². The molecule has 4 amide bonds. The van der Waals surface area contributed by atoms with E-state index in [2.05, 4.69) is 26.9 Å². The predicted molar refractivity (Wildman–Crippen MR) is 180 cm³/mol. The third-order valence-corrected chi connectivity index (χ3v) is 10.7. The molecule has 0 radical (unpaired) electrons. The molecule has 2 aliphatic carbocycles. The van der Waals surface area contributed by atoms with E-state index >= 15 is 0 Å². The second kappa shape index (κ2) is 12.8. The highest BCUT2D eigenvalue weighted by atomic mass is 32.2. The fourth-order valence-corrected chi connectivity index (χ4v) is 7.39. The van der Waals surface area contributed by atoms with Crippen LogP contribution in [-0.4, -0.2) is 88.3 Å². The maximum atomic E-state index is 14.4. The topological polar surface area (TPSA) is 193 Å². The van der Waals surface area contributed by atoms with E-state index in [-0.39, 0.29) is 31.0 Å². The van der Waals surface area contributed by atoms with Crippen molar-refractivity contribution in [3.05, 3.63) is 43.1 Å². The van der Waals surface area contributed by atoms with Gasteiger partial charge in [-0.15, -0.1) is 6.58 Å². The number of sulfonamides is 1. The number of phenols is 1. The normalized spacial score (nSPS) is 24.4. The van der Waals surface area contributed by atoms with Crippen LogP contribution in [0.5, 0.6) is 11.6 Å². The molecule has 266 valence electrons. The number of phenolic OH excluding ortho intramolecular Hbond substituents is 1. The number of rotatable bonds is 10. The highest BCUT2D eigenvalue weighted by Crippen LogP contribution is 2.45. The predicted octanol–water partition coefficient (Wildman–Crippen LogP) is 2.90. The molecule has 2 heterocycles. The number of ether oxygens (including phenoxy) is 2. The number of alkyl carbamates (subject to hydrolysis) is 1. The van der Waals surface area contributed by atoms with Crippen LogP contribution < -0.4 is 20.1 Å². The molecule has 2 aromatic rings. The fraction of sp³-hybridized carbons (Fsp3) is 0.559. The number of nitrogens with one attached hydrogen (secondary N) is 3. The third kappa shape index (κ3) is 7.92. The molecular formula is C34H45N5O9S. The van der Waals surface area contributed by atoms with Crippen molar-refractivity contribution in [1.29, 1.82) is 0 Å². The molecule has 14 nitrogen and oxygen atoms in total. The van der Waals surface area contributed by atoms with Crippen LogP contribution in [0.4, 0.5) is 4.79 Å². The zero-order chi connectivity index (χ0) is 36.1. The van der Waals surface area contributed by atoms with Gasteiger partial charge in [0.2, 0.25) is 27.7 Å². The number of nitrogens with zero attached hydrogens (tertiary/aromatic N) is 2. The Kier molecular flexibility index (Phi) is 9.38. The number of likely N-dealkylation sites (tertiary alicyclic amines) is 1. The summed E-state index contributed by atoms with van der Waals surface area (Å²) in [5, 5.41) is 16.0. The van der Waals surface area contributed by atoms with Gasteiger partial charge in [0.15, 0.2) is 0 Å². The first-order valence-electron chi connectivity index (χ1n) is 16.3. The number of carbonyl (C=O) groups is 4. The lowest BCUT2D eigenvalue weighted by atomic mass is 9.85. The summed E-state index contributed by atoms with van der Waals surface area (Å²) in [6, 6.07) is 4.11. The molecule has 1 saturated heterocycles. The molecule has 4 N–H and O–H groups in total. The SMILES string of the molecule is C=CC1C[C@]1(NC(=O)[C@@H]1CC(Oc2nccc3cc(O)ccc23)CN1C(=O)[C@@H](NC(=O)OC(C)(C)C)C(C)(C)C)C(=O)NS(=O)(=O)C1CC1. The van der Waals surface area contributed by atoms with E-state index in [1.54, 1.807) is 59.7 Å². The minimum atomic E-state index is -3.90. The van der Waals surface area contributed by atoms with E-state index in [1.807, 2.05) is 0 Å². The van der Waals surface area contributed by atoms with Crippen LogP contribution in [0.2, 0.25) is 0 Å². The summed E-state index contributed by atoms with van der Waals surface area (Å²) in [7, 11) is -3.90. The first-order chi connectivity index (χ1) is 22.7. The summed E-state index contributed by atoms with van der Waals surface area (Å²) in [6.07, 6.45) is 2.47. The lowest BCUT2D eigenvalue weighted by Gasteiger charge is -2.36. The van der Waals surface area contributed by atoms with Crippen LogP contribution in [0.25, 0.3) is 10.8 Å². The summed E-state index contributed by atoms with van der Waals surface area (Å²) in [5.41, 5.74) is -3.22. The maximum absolute atomic E-state index is 14.4. The third-order valence-electron chi connectivity index (χ3n) is 8.86. The molecule has 2 saturated carbocycles. The van der Waals surface area contributed by atoms with Crippen LogP contribution in [0, 0.1) is 11.3 Å². The summed E-state index contributed by atoms with van der Waals surface area (Å²) in [6.45, 7) is 14.1. The highest BCUT2D eigenvalue weighted by Gasteiger charge is 2.62. The molecule has 5 atom stereocenters. The smallest absolute Gasteiger partial charge is 0.408 e. The van der Waals surface area contributed by atoms with Crippen molar-refractivity contribution in [1.82, 2.24) is 25.2 Å². The maximum Gasteiger partial charge on any atom is 0.408 e. The van der Waals surface area contributed by atoms with Crippen LogP contribution in [0.15, 0.2) is 43.1 Å². The first kappa shape index (κ1) is 35.9. The Bertz CT molecular complexity index is 1780. The van der Waals surface area contributed by atoms with Crippen LogP contribution in [0.1, 0.15) is 67.2 Å². The van der Waals surface area contributed by atoms with Crippen molar-refractivity contribution in [2.45, 2.75) is 102 Å². The Morgan fingerprint density at radius 2 is 1.82 bits per heavy atom. The van der Waals surface area contributed by atoms with Gasteiger partial charge in [0.1, 0.15) is 35.1 Å². The van der Waals surface area contributed by atoms with Gasteiger partial charge in [-0.3, -0.25) is 19.1 Å². The molecule has 49 heavy (non-hydrogen) atoms. The van der Waals surface area contributed by atoms with Crippen molar-refractivity contribution in [2.24, 2.45) is 11.3 Å². The second-order valence-electron chi connectivity index (χ2n) is 15.1. The van der Waals surface area contributed by atoms with Crippen LogP contribution in [0.3, 0.4) is 0 Å². The van der Waals surface area contributed by atoms with E-state index in [1.165, 1.54) is 23.2 Å². The number of aromatic nitrogens is 1. The Morgan fingerprint density at radius 1 is 1.12 bits per heavy atom. The van der Waals surface area contributed by atoms with Crippen molar-refractivity contribution in [3.8, 4) is 11.6 Å². The Balaban J connectivity index is 1.44. The molecule has 5 rings (SSSR count). The molecule has 0 bridgehead atoms. The van der Waals surface area contributed by atoms with Crippen molar-refractivity contribution in [2.75, 3.05) is 6.54 Å². The van der Waals surface area contributed by atoms with Crippen LogP contribution >= 0.6 is 0 Å². The number of pyridine rings is 1. The van der Waals surface area contributed by atoms with E-state index in [0.717, 1.165) is 0 Å². The van der Waals surface area contributed by atoms with E-state index in [9.17, 15) is 32.7 Å². The molecule has 1 aliphatic heterocycles. The van der Waals surface area contributed by atoms with Crippen molar-refractivity contribution in [3.63, 3.8) is 0 Å². The summed E-state index contributed by atoms with van der Waals surface area (Å²) in [4.78, 5) is 60.4. The monoisotopic (exact) mass is 699 g/mol. The molecular weight excluding hydrogens is 654 g/mol. The van der Waals surface area contributed by atoms with Gasteiger partial charge in [0.25, 0.3) is 5.91 Å². The van der Waals surface area contributed by atoms with Gasteiger partial charge in [0.05, 0.1) is 11.8 Å². The van der Waals surface area contributed by atoms with Crippen LogP contribution in [-0.2, 0) is 29.1 Å². The fourth-order valence-electron chi connectivity index (χ4n) is 6.02. The lowest BCUT2D eigenvalue weighted by Crippen LogP contribution is -2.60. The Hall–Kier alpha value is -4.40. The summed E-state index contributed by atoms with van der Waals surface area (Å²) in [5.74, 6) is -2.37. The van der Waals surface area contributed by atoms with Gasteiger partial charge in [-0.2, -0.15) is 0 Å². The number of fused-ring (bicyclic) bond motifs is 1. The van der Waals surface area contributed by atoms with Gasteiger partial charge in [-0.25, -0.2) is 18.2 Å². The van der Waals surface area contributed by atoms with Gasteiger partial charge >= 0.3 is 6.09 Å². The zero-order valence-electron chi connectivity index (χ0n) is 28.6. The average molecular weight is 700 g/mol. The zero-order valence-corrected chi connectivity index (χ0v) is 29.4. The van der Waals surface area contributed by atoms with E-state index in [4.69, 9.17) is 9.47 Å². The quantitative estimate of drug-likeness (QED) is 0.268. The van der Waals surface area contributed by atoms with Gasteiger partial charge in [-0.1, -0.05) is 26.8 Å². The van der Waals surface area contributed by atoms with E-state index in [0.29, 0.717) is 23.6 Å². The standard InChI is InChI=1S/C34H45N5O9S/c1-8-20-17-34(20,30(43)38-49(45,46)23-10-11-23)37-27(41)25-16-22(47-28-24-12-9-21(40)15-19(24)13-14-35-28)18-39(25)29(42)26(32(2,3)4)36-31(44)48-33(5,6)7/h8-9,12-15,20,22-23,25-26,40H,1,10-11,16-18H2,2-7H3,(H,36,44)(H,37,41)(H,38,43)/t20?,22?,25-,26+,34+/m0/s1. The summed E-state index contributed by atoms with van der Waals surface area (Å²) < 4.78 is 39.1. The van der Waals surface area contributed by atoms with Gasteiger partial charge < -0.3 is 30.1 Å². The van der Waals surface area contributed by atoms with Gasteiger partial charge in [-0.05, 0) is 75.1 Å². The molecule has 2 unspecified atom stereocenters. The van der Waals surface area contributed by atoms with Crippen molar-refractivity contribution >= 4 is 44.6 Å². The largest absolute Gasteiger partial charge is 0.508 e. The number of amides is 4. The Morgan fingerprint density at radius 3 is 2.41 bits per heavy atom. The molecule has 1 aromatic carbocycles.